The van der Waals surface area contributed by atoms with Gasteiger partial charge in [0, 0.05) is 31.3 Å². The van der Waals surface area contributed by atoms with Gasteiger partial charge in [0.15, 0.2) is 23.0 Å². The van der Waals surface area contributed by atoms with Crippen LogP contribution in [0.4, 0.5) is 0 Å². The quantitative estimate of drug-likeness (QED) is 0.586. The molecule has 3 heterocycles. The zero-order valence-electron chi connectivity index (χ0n) is 17.5. The monoisotopic (exact) mass is 427 g/mol. The largest absolute Gasteiger partial charge is 0.493 e. The average Bonchev–Trinajstić information content (AvgIpc) is 3.52. The summed E-state index contributed by atoms with van der Waals surface area (Å²) in [4.78, 5) is 15.0. The van der Waals surface area contributed by atoms with Gasteiger partial charge in [-0.1, -0.05) is 5.16 Å². The molecule has 0 saturated carbocycles. The third-order valence-corrected chi connectivity index (χ3v) is 5.22. The summed E-state index contributed by atoms with van der Waals surface area (Å²) in [6, 6.07) is 10.6. The molecule has 1 amide bonds. The molecule has 0 bridgehead atoms. The zero-order chi connectivity index (χ0) is 21.6. The second-order valence-electron chi connectivity index (χ2n) is 7.04. The number of morpholine rings is 1. The molecule has 1 unspecified atom stereocenters. The van der Waals surface area contributed by atoms with E-state index >= 15 is 0 Å². The molecule has 0 radical (unpaired) electrons. The first kappa shape index (κ1) is 21.0. The number of ether oxygens (including phenoxy) is 3. The van der Waals surface area contributed by atoms with E-state index in [-0.39, 0.29) is 17.6 Å². The summed E-state index contributed by atoms with van der Waals surface area (Å²) in [5.74, 6) is 2.11. The normalized spacial score (nSPS) is 15.4. The molecule has 2 aromatic heterocycles. The molecule has 3 aromatic rings. The van der Waals surface area contributed by atoms with Crippen LogP contribution in [0.3, 0.4) is 0 Å². The maximum Gasteiger partial charge on any atom is 0.273 e. The van der Waals surface area contributed by atoms with Gasteiger partial charge in [-0.2, -0.15) is 0 Å². The predicted molar refractivity (Wildman–Crippen MR) is 111 cm³/mol. The Labute approximate surface area is 179 Å². The van der Waals surface area contributed by atoms with E-state index in [4.69, 9.17) is 23.2 Å². The van der Waals surface area contributed by atoms with Gasteiger partial charge in [0.05, 0.1) is 39.7 Å². The van der Waals surface area contributed by atoms with Crippen LogP contribution < -0.4 is 14.8 Å². The van der Waals surface area contributed by atoms with Gasteiger partial charge < -0.3 is 28.5 Å². The summed E-state index contributed by atoms with van der Waals surface area (Å²) >= 11 is 0. The molecule has 1 aromatic carbocycles. The van der Waals surface area contributed by atoms with Crippen LogP contribution in [0.2, 0.25) is 0 Å². The molecule has 1 fully saturated rings. The highest BCUT2D eigenvalue weighted by Crippen LogP contribution is 2.32. The van der Waals surface area contributed by atoms with Crippen LogP contribution in [0.5, 0.6) is 11.5 Å². The van der Waals surface area contributed by atoms with Crippen molar-refractivity contribution in [2.24, 2.45) is 0 Å². The van der Waals surface area contributed by atoms with Gasteiger partial charge in [0.2, 0.25) is 0 Å². The highest BCUT2D eigenvalue weighted by molar-refractivity contribution is 5.93. The fraction of sp³-hybridized carbons (Fsp3) is 0.364. The van der Waals surface area contributed by atoms with Crippen LogP contribution in [0.25, 0.3) is 11.3 Å². The van der Waals surface area contributed by atoms with Crippen LogP contribution in [-0.2, 0) is 4.74 Å². The first-order chi connectivity index (χ1) is 15.2. The molecule has 9 heteroatoms. The van der Waals surface area contributed by atoms with Gasteiger partial charge in [-0.25, -0.2) is 0 Å². The van der Waals surface area contributed by atoms with Crippen molar-refractivity contribution >= 4 is 5.91 Å². The molecule has 1 aliphatic rings. The highest BCUT2D eigenvalue weighted by Gasteiger charge is 2.26. The fourth-order valence-electron chi connectivity index (χ4n) is 3.57. The maximum absolute atomic E-state index is 12.7. The summed E-state index contributed by atoms with van der Waals surface area (Å²) in [6.07, 6.45) is 1.64. The molecule has 0 aliphatic carbocycles. The van der Waals surface area contributed by atoms with Crippen molar-refractivity contribution in [1.29, 1.82) is 0 Å². The van der Waals surface area contributed by atoms with Crippen molar-refractivity contribution in [1.82, 2.24) is 15.4 Å². The zero-order valence-corrected chi connectivity index (χ0v) is 17.5. The van der Waals surface area contributed by atoms with Crippen LogP contribution in [0.15, 0.2) is 51.6 Å². The number of carbonyl (C=O) groups is 1. The Morgan fingerprint density at radius 2 is 1.97 bits per heavy atom. The predicted octanol–water partition coefficient (Wildman–Crippen LogP) is 2.76. The lowest BCUT2D eigenvalue weighted by Crippen LogP contribution is -2.43. The Bertz CT molecular complexity index is 995. The lowest BCUT2D eigenvalue weighted by Gasteiger charge is -2.33. The number of carbonyl (C=O) groups excluding carboxylic acids is 1. The van der Waals surface area contributed by atoms with Crippen LogP contribution >= 0.6 is 0 Å². The van der Waals surface area contributed by atoms with Crippen LogP contribution in [0.1, 0.15) is 22.3 Å². The number of methoxy groups -OCH3 is 2. The van der Waals surface area contributed by atoms with Crippen molar-refractivity contribution in [3.8, 4) is 22.8 Å². The number of amides is 1. The van der Waals surface area contributed by atoms with E-state index in [1.54, 1.807) is 38.7 Å². The molecule has 0 spiro atoms. The molecular weight excluding hydrogens is 402 g/mol. The molecular formula is C22H25N3O6. The minimum absolute atomic E-state index is 0.0833. The third kappa shape index (κ3) is 4.73. The SMILES string of the molecule is COc1ccc(-c2cc(C(=O)NCC(c3ccco3)N3CCOCC3)no2)cc1OC. The Kier molecular flexibility index (Phi) is 6.54. The van der Waals surface area contributed by atoms with E-state index in [0.29, 0.717) is 37.0 Å². The van der Waals surface area contributed by atoms with Crippen molar-refractivity contribution in [3.63, 3.8) is 0 Å². The molecule has 1 saturated heterocycles. The van der Waals surface area contributed by atoms with E-state index in [1.165, 1.54) is 0 Å². The molecule has 1 aliphatic heterocycles. The smallest absolute Gasteiger partial charge is 0.273 e. The second-order valence-corrected chi connectivity index (χ2v) is 7.04. The van der Waals surface area contributed by atoms with Crippen molar-refractivity contribution in [2.45, 2.75) is 6.04 Å². The lowest BCUT2D eigenvalue weighted by atomic mass is 10.1. The van der Waals surface area contributed by atoms with Crippen molar-refractivity contribution < 1.29 is 27.9 Å². The van der Waals surface area contributed by atoms with E-state index < -0.39 is 0 Å². The van der Waals surface area contributed by atoms with Gasteiger partial charge in [-0.05, 0) is 30.3 Å². The Morgan fingerprint density at radius 1 is 1.16 bits per heavy atom. The molecule has 1 N–H and O–H groups in total. The number of benzene rings is 1. The van der Waals surface area contributed by atoms with E-state index in [9.17, 15) is 4.79 Å². The average molecular weight is 427 g/mol. The topological polar surface area (TPSA) is 99.2 Å². The molecule has 31 heavy (non-hydrogen) atoms. The third-order valence-electron chi connectivity index (χ3n) is 5.22. The standard InChI is InChI=1S/C22H25N3O6/c1-27-19-6-5-15(12-21(19)28-2)20-13-16(24-31-20)22(26)23-14-17(18-4-3-9-30-18)25-7-10-29-11-8-25/h3-6,9,12-13,17H,7-8,10-11,14H2,1-2H3,(H,23,26). The Balaban J connectivity index is 1.45. The minimum Gasteiger partial charge on any atom is -0.493 e. The maximum atomic E-state index is 12.7. The van der Waals surface area contributed by atoms with E-state index in [0.717, 1.165) is 24.4 Å². The molecule has 1 atom stereocenters. The number of aromatic nitrogens is 1. The van der Waals surface area contributed by atoms with Crippen molar-refractivity contribution in [3.05, 3.63) is 54.1 Å². The van der Waals surface area contributed by atoms with Gasteiger partial charge >= 0.3 is 0 Å². The minimum atomic E-state index is -0.319. The number of nitrogens with zero attached hydrogens (tertiary/aromatic N) is 2. The number of furan rings is 1. The lowest BCUT2D eigenvalue weighted by molar-refractivity contribution is 0.0118. The number of nitrogens with one attached hydrogen (secondary N) is 1. The van der Waals surface area contributed by atoms with Crippen LogP contribution in [-0.4, -0.2) is 63.0 Å². The number of rotatable bonds is 8. The molecule has 9 nitrogen and oxygen atoms in total. The number of hydrogen-bond acceptors (Lipinski definition) is 8. The second kappa shape index (κ2) is 9.67. The van der Waals surface area contributed by atoms with Crippen molar-refractivity contribution in [2.75, 3.05) is 47.1 Å². The van der Waals surface area contributed by atoms with Gasteiger partial charge in [0.1, 0.15) is 5.76 Å². The van der Waals surface area contributed by atoms with Crippen LogP contribution in [0, 0.1) is 0 Å². The number of hydrogen-bond donors (Lipinski definition) is 1. The summed E-state index contributed by atoms with van der Waals surface area (Å²) in [5, 5.41) is 6.87. The molecule has 4 rings (SSSR count). The first-order valence-corrected chi connectivity index (χ1v) is 10.0. The summed E-state index contributed by atoms with van der Waals surface area (Å²) in [6.45, 7) is 3.24. The first-order valence-electron chi connectivity index (χ1n) is 10.0. The fourth-order valence-corrected chi connectivity index (χ4v) is 3.57. The van der Waals surface area contributed by atoms with Gasteiger partial charge in [-0.15, -0.1) is 0 Å². The summed E-state index contributed by atoms with van der Waals surface area (Å²) in [5.41, 5.74) is 0.927. The molecule has 164 valence electrons. The Morgan fingerprint density at radius 3 is 2.68 bits per heavy atom. The Hall–Kier alpha value is -3.30. The van der Waals surface area contributed by atoms with E-state index in [2.05, 4.69) is 15.4 Å². The summed E-state index contributed by atoms with van der Waals surface area (Å²) in [7, 11) is 3.13. The summed E-state index contributed by atoms with van der Waals surface area (Å²) < 4.78 is 27.0. The highest BCUT2D eigenvalue weighted by atomic mass is 16.5. The van der Waals surface area contributed by atoms with Gasteiger partial charge in [-0.3, -0.25) is 9.69 Å². The van der Waals surface area contributed by atoms with E-state index in [1.807, 2.05) is 18.2 Å². The van der Waals surface area contributed by atoms with Gasteiger partial charge in [0.25, 0.3) is 5.91 Å².